The Bertz CT molecular complexity index is 1500. The molecule has 2 aromatic heterocycles. The first-order valence-corrected chi connectivity index (χ1v) is 10.9. The van der Waals surface area contributed by atoms with E-state index in [1.54, 1.807) is 16.5 Å². The number of benzene rings is 2. The van der Waals surface area contributed by atoms with Gasteiger partial charge in [-0.1, -0.05) is 29.5 Å². The van der Waals surface area contributed by atoms with Crippen LogP contribution in [0.5, 0.6) is 0 Å². The number of alkyl halides is 3. The van der Waals surface area contributed by atoms with Gasteiger partial charge in [0, 0.05) is 23.2 Å². The highest BCUT2D eigenvalue weighted by atomic mass is 35.5. The van der Waals surface area contributed by atoms with Crippen LogP contribution in [0, 0.1) is 23.1 Å². The summed E-state index contributed by atoms with van der Waals surface area (Å²) in [6.07, 6.45) is -1.61. The summed E-state index contributed by atoms with van der Waals surface area (Å²) in [6.45, 7) is 2.70. The molecule has 0 aliphatic carbocycles. The topological polar surface area (TPSA) is 46.3 Å². The fourth-order valence-electron chi connectivity index (χ4n) is 4.01. The third-order valence-corrected chi connectivity index (χ3v) is 6.29. The third-order valence-electron chi connectivity index (χ3n) is 6.00. The Labute approximate surface area is 197 Å². The number of halogens is 5. The standard InChI is InChI=1S/C24H18ClF4N5/c1-23(2,24(27,28)29)9-8-14-5-3-7-19-15(14)6-4-10-33(19)21-16-11-18(26)17(25)12-20(16)34-13-30-32-22(34)31-21/h3,5,7,11-13H,4,6,10H2,1-2H3. The minimum atomic E-state index is -4.44. The lowest BCUT2D eigenvalue weighted by molar-refractivity contribution is -0.190. The van der Waals surface area contributed by atoms with Crippen molar-refractivity contribution in [2.45, 2.75) is 32.9 Å². The summed E-state index contributed by atoms with van der Waals surface area (Å²) in [7, 11) is 0. The molecule has 5 rings (SSSR count). The van der Waals surface area contributed by atoms with Crippen LogP contribution in [-0.4, -0.2) is 32.3 Å². The zero-order valence-electron chi connectivity index (χ0n) is 18.2. The van der Waals surface area contributed by atoms with Crippen molar-refractivity contribution in [3.05, 3.63) is 58.6 Å². The van der Waals surface area contributed by atoms with E-state index in [4.69, 9.17) is 11.6 Å². The molecular weight excluding hydrogens is 470 g/mol. The van der Waals surface area contributed by atoms with Gasteiger partial charge >= 0.3 is 6.18 Å². The predicted octanol–water partition coefficient (Wildman–Crippen LogP) is 6.09. The molecule has 0 saturated carbocycles. The molecule has 0 N–H and O–H groups in total. The minimum absolute atomic E-state index is 0.0384. The normalized spacial score (nSPS) is 14.3. The lowest BCUT2D eigenvalue weighted by Crippen LogP contribution is -2.30. The van der Waals surface area contributed by atoms with Crippen molar-refractivity contribution in [3.8, 4) is 11.8 Å². The second-order valence-electron chi connectivity index (χ2n) is 8.65. The van der Waals surface area contributed by atoms with E-state index in [0.29, 0.717) is 47.4 Å². The predicted molar refractivity (Wildman–Crippen MR) is 122 cm³/mol. The van der Waals surface area contributed by atoms with E-state index in [9.17, 15) is 17.6 Å². The third kappa shape index (κ3) is 3.62. The van der Waals surface area contributed by atoms with Gasteiger partial charge in [0.15, 0.2) is 0 Å². The summed E-state index contributed by atoms with van der Waals surface area (Å²) < 4.78 is 56.0. The molecular formula is C24H18ClF4N5. The molecule has 0 fully saturated rings. The molecule has 0 unspecified atom stereocenters. The van der Waals surface area contributed by atoms with Crippen molar-refractivity contribution >= 4 is 39.8 Å². The van der Waals surface area contributed by atoms with Crippen LogP contribution < -0.4 is 4.90 Å². The van der Waals surface area contributed by atoms with Crippen molar-refractivity contribution in [1.82, 2.24) is 19.6 Å². The van der Waals surface area contributed by atoms with Crippen LogP contribution in [0.1, 0.15) is 31.4 Å². The van der Waals surface area contributed by atoms with Crippen LogP contribution in [0.2, 0.25) is 5.02 Å². The maximum Gasteiger partial charge on any atom is 0.404 e. The highest BCUT2D eigenvalue weighted by molar-refractivity contribution is 6.31. The van der Waals surface area contributed by atoms with Gasteiger partial charge in [-0.15, -0.1) is 10.2 Å². The molecule has 3 heterocycles. The fourth-order valence-corrected chi connectivity index (χ4v) is 4.16. The van der Waals surface area contributed by atoms with Gasteiger partial charge in [0.2, 0.25) is 0 Å². The zero-order chi connectivity index (χ0) is 24.3. The maximum absolute atomic E-state index is 14.5. The first kappa shape index (κ1) is 22.4. The molecule has 10 heteroatoms. The summed E-state index contributed by atoms with van der Waals surface area (Å²) >= 11 is 6.04. The lowest BCUT2D eigenvalue weighted by atomic mass is 9.91. The van der Waals surface area contributed by atoms with Gasteiger partial charge in [-0.05, 0) is 56.5 Å². The average Bonchev–Trinajstić information content (AvgIpc) is 3.26. The molecule has 34 heavy (non-hydrogen) atoms. The lowest BCUT2D eigenvalue weighted by Gasteiger charge is -2.32. The second kappa shape index (κ2) is 7.84. The molecule has 0 saturated heterocycles. The first-order valence-electron chi connectivity index (χ1n) is 10.5. The second-order valence-corrected chi connectivity index (χ2v) is 9.06. The number of nitrogens with zero attached hydrogens (tertiary/aromatic N) is 5. The molecule has 1 aliphatic rings. The molecule has 5 nitrogen and oxygen atoms in total. The van der Waals surface area contributed by atoms with Gasteiger partial charge < -0.3 is 4.90 Å². The van der Waals surface area contributed by atoms with E-state index in [1.807, 2.05) is 11.0 Å². The molecule has 2 aromatic carbocycles. The van der Waals surface area contributed by atoms with Crippen LogP contribution in [-0.2, 0) is 6.42 Å². The Morgan fingerprint density at radius 3 is 2.71 bits per heavy atom. The molecule has 4 aromatic rings. The molecule has 0 amide bonds. The van der Waals surface area contributed by atoms with E-state index in [-0.39, 0.29) is 5.02 Å². The number of fused-ring (bicyclic) bond motifs is 4. The SMILES string of the molecule is CC(C)(C#Cc1cccc2c1CCCN2c1nc2nncn2c2cc(Cl)c(F)cc12)C(F)(F)F. The molecule has 0 bridgehead atoms. The summed E-state index contributed by atoms with van der Waals surface area (Å²) in [5.41, 5.74) is 0.561. The van der Waals surface area contributed by atoms with Gasteiger partial charge in [0.1, 0.15) is 23.4 Å². The van der Waals surface area contributed by atoms with Crippen LogP contribution in [0.4, 0.5) is 29.1 Å². The van der Waals surface area contributed by atoms with Crippen LogP contribution >= 0.6 is 11.6 Å². The van der Waals surface area contributed by atoms with Gasteiger partial charge in [0.25, 0.3) is 5.78 Å². The van der Waals surface area contributed by atoms with E-state index in [2.05, 4.69) is 27.0 Å². The Morgan fingerprint density at radius 2 is 1.94 bits per heavy atom. The van der Waals surface area contributed by atoms with Gasteiger partial charge in [-0.2, -0.15) is 18.2 Å². The Morgan fingerprint density at radius 1 is 1.15 bits per heavy atom. The molecule has 174 valence electrons. The number of hydrogen-bond donors (Lipinski definition) is 0. The monoisotopic (exact) mass is 487 g/mol. The smallest absolute Gasteiger partial charge is 0.325 e. The van der Waals surface area contributed by atoms with Gasteiger partial charge in [0.05, 0.1) is 10.5 Å². The number of hydrogen-bond acceptors (Lipinski definition) is 4. The van der Waals surface area contributed by atoms with Crippen LogP contribution in [0.15, 0.2) is 36.7 Å². The summed E-state index contributed by atoms with van der Waals surface area (Å²) in [5.74, 6) is 5.34. The van der Waals surface area contributed by atoms with Crippen molar-refractivity contribution < 1.29 is 17.6 Å². The van der Waals surface area contributed by atoms with Gasteiger partial charge in [-0.25, -0.2) is 4.39 Å². The van der Waals surface area contributed by atoms with Crippen molar-refractivity contribution in [2.24, 2.45) is 5.41 Å². The average molecular weight is 488 g/mol. The van der Waals surface area contributed by atoms with E-state index >= 15 is 0 Å². The number of anilines is 2. The number of rotatable bonds is 1. The van der Waals surface area contributed by atoms with E-state index in [0.717, 1.165) is 25.1 Å². The van der Waals surface area contributed by atoms with Crippen molar-refractivity contribution in [3.63, 3.8) is 0 Å². The molecule has 1 aliphatic heterocycles. The van der Waals surface area contributed by atoms with Crippen LogP contribution in [0.3, 0.4) is 0 Å². The Hall–Kier alpha value is -3.38. The Balaban J connectivity index is 1.69. The first-order chi connectivity index (χ1) is 16.1. The van der Waals surface area contributed by atoms with Crippen molar-refractivity contribution in [1.29, 1.82) is 0 Å². The quantitative estimate of drug-likeness (QED) is 0.241. The van der Waals surface area contributed by atoms with Crippen LogP contribution in [0.25, 0.3) is 16.7 Å². The number of aromatic nitrogens is 4. The Kier molecular flexibility index (Phi) is 5.17. The maximum atomic E-state index is 14.5. The van der Waals surface area contributed by atoms with E-state index < -0.39 is 17.4 Å². The van der Waals surface area contributed by atoms with Gasteiger partial charge in [-0.3, -0.25) is 4.40 Å². The summed E-state index contributed by atoms with van der Waals surface area (Å²) in [5, 5.41) is 8.41. The highest BCUT2D eigenvalue weighted by Crippen LogP contribution is 2.40. The van der Waals surface area contributed by atoms with E-state index in [1.165, 1.54) is 18.5 Å². The molecule has 0 atom stereocenters. The zero-order valence-corrected chi connectivity index (χ0v) is 19.0. The molecule has 0 radical (unpaired) electrons. The largest absolute Gasteiger partial charge is 0.404 e. The summed E-state index contributed by atoms with van der Waals surface area (Å²) in [6, 6.07) is 8.15. The highest BCUT2D eigenvalue weighted by Gasteiger charge is 2.46. The summed E-state index contributed by atoms with van der Waals surface area (Å²) in [4.78, 5) is 6.54. The molecule has 0 spiro atoms. The fraction of sp³-hybridized carbons (Fsp3) is 0.292. The van der Waals surface area contributed by atoms with Crippen molar-refractivity contribution in [2.75, 3.05) is 11.4 Å². The minimum Gasteiger partial charge on any atom is -0.325 e.